The van der Waals surface area contributed by atoms with E-state index in [0.29, 0.717) is 34.9 Å². The summed E-state index contributed by atoms with van der Waals surface area (Å²) in [6.45, 7) is 0. The van der Waals surface area contributed by atoms with Crippen LogP contribution >= 0.6 is 23.2 Å². The summed E-state index contributed by atoms with van der Waals surface area (Å²) in [5.74, 6) is -1.54. The molecule has 32 heavy (non-hydrogen) atoms. The third kappa shape index (κ3) is 2.57. The first-order valence-electron chi connectivity index (χ1n) is 9.84. The number of Topliss-reactive ketones (excluding diaryl/α,β-unsaturated/α-hetero) is 1. The smallest absolute Gasteiger partial charge is 0.245 e. The van der Waals surface area contributed by atoms with Crippen LogP contribution in [0.4, 0.5) is 15.8 Å². The Morgan fingerprint density at radius 2 is 1.94 bits per heavy atom. The van der Waals surface area contributed by atoms with Gasteiger partial charge in [-0.25, -0.2) is 4.39 Å². The van der Waals surface area contributed by atoms with Crippen molar-refractivity contribution >= 4 is 46.3 Å². The Hall–Kier alpha value is -3.34. The summed E-state index contributed by atoms with van der Waals surface area (Å²) in [7, 11) is 0. The van der Waals surface area contributed by atoms with E-state index in [1.54, 1.807) is 17.0 Å². The van der Waals surface area contributed by atoms with Crippen LogP contribution in [0.5, 0.6) is 0 Å². The molecule has 2 aromatic rings. The molecule has 6 nitrogen and oxygen atoms in total. The van der Waals surface area contributed by atoms with E-state index in [9.17, 15) is 19.2 Å². The number of allylic oxidation sites excluding steroid dienone is 1. The Kier molecular flexibility index (Phi) is 4.55. The first-order valence-corrected chi connectivity index (χ1v) is 10.6. The van der Waals surface area contributed by atoms with Crippen LogP contribution in [-0.4, -0.2) is 11.7 Å². The summed E-state index contributed by atoms with van der Waals surface area (Å²) in [6.07, 6.45) is 1.14. The molecule has 1 atom stereocenters. The zero-order valence-corrected chi connectivity index (χ0v) is 18.0. The summed E-state index contributed by atoms with van der Waals surface area (Å²) < 4.78 is 14.3. The van der Waals surface area contributed by atoms with E-state index in [4.69, 9.17) is 28.9 Å². The molecule has 2 aromatic carbocycles. The van der Waals surface area contributed by atoms with Crippen molar-refractivity contribution < 1.29 is 14.0 Å². The second-order valence-electron chi connectivity index (χ2n) is 7.80. The van der Waals surface area contributed by atoms with E-state index < -0.39 is 17.1 Å². The van der Waals surface area contributed by atoms with Gasteiger partial charge in [-0.2, -0.15) is 5.26 Å². The van der Waals surface area contributed by atoms with Crippen LogP contribution in [-0.2, 0) is 15.0 Å². The van der Waals surface area contributed by atoms with Gasteiger partial charge in [-0.1, -0.05) is 23.2 Å². The van der Waals surface area contributed by atoms with Crippen LogP contribution in [0, 0.1) is 17.1 Å². The first-order chi connectivity index (χ1) is 15.3. The minimum absolute atomic E-state index is 0.0440. The predicted octanol–water partition coefficient (Wildman–Crippen LogP) is 4.54. The molecule has 1 aliphatic carbocycles. The molecule has 3 aliphatic rings. The molecule has 9 heteroatoms. The molecule has 0 saturated heterocycles. The first kappa shape index (κ1) is 20.6. The Morgan fingerprint density at radius 3 is 2.66 bits per heavy atom. The predicted molar refractivity (Wildman–Crippen MR) is 118 cm³/mol. The molecule has 2 heterocycles. The number of hydrogen-bond donors (Lipinski definition) is 2. The highest BCUT2D eigenvalue weighted by Crippen LogP contribution is 2.55. The highest BCUT2D eigenvalue weighted by Gasteiger charge is 2.60. The topological polar surface area (TPSA) is 99.2 Å². The number of carbonyl (C=O) groups is 2. The quantitative estimate of drug-likeness (QED) is 0.639. The van der Waals surface area contributed by atoms with Crippen molar-refractivity contribution in [2.75, 3.05) is 10.2 Å². The SMILES string of the molecule is N#CC1=C(N)N(c2ccc(Cl)cc2Cl)C2=C(C(=O)CCC2)C12C(=O)Nc1ccc(F)cc12. The maximum absolute atomic E-state index is 14.3. The zero-order valence-electron chi connectivity index (χ0n) is 16.5. The highest BCUT2D eigenvalue weighted by molar-refractivity contribution is 6.36. The van der Waals surface area contributed by atoms with Gasteiger partial charge in [0.1, 0.15) is 23.1 Å². The average Bonchev–Trinajstić information content (AvgIpc) is 3.02. The number of nitrogens with one attached hydrogen (secondary N) is 1. The van der Waals surface area contributed by atoms with Crippen LogP contribution in [0.3, 0.4) is 0 Å². The molecule has 1 amide bonds. The van der Waals surface area contributed by atoms with Gasteiger partial charge in [0.2, 0.25) is 5.91 Å². The van der Waals surface area contributed by atoms with Gasteiger partial charge in [-0.15, -0.1) is 0 Å². The lowest BCUT2D eigenvalue weighted by molar-refractivity contribution is -0.122. The van der Waals surface area contributed by atoms with Crippen LogP contribution in [0.15, 0.2) is 59.1 Å². The Morgan fingerprint density at radius 1 is 1.16 bits per heavy atom. The van der Waals surface area contributed by atoms with Gasteiger partial charge >= 0.3 is 0 Å². The number of rotatable bonds is 1. The van der Waals surface area contributed by atoms with Crippen LogP contribution in [0.1, 0.15) is 24.8 Å². The van der Waals surface area contributed by atoms with E-state index in [1.807, 2.05) is 6.07 Å². The molecule has 1 spiro atoms. The molecular weight excluding hydrogens is 454 g/mol. The van der Waals surface area contributed by atoms with E-state index in [0.717, 1.165) is 0 Å². The molecule has 3 N–H and O–H groups in total. The number of nitrogens with two attached hydrogens (primary N) is 1. The van der Waals surface area contributed by atoms with Crippen LogP contribution < -0.4 is 16.0 Å². The van der Waals surface area contributed by atoms with E-state index in [-0.39, 0.29) is 39.8 Å². The van der Waals surface area contributed by atoms with E-state index in [1.165, 1.54) is 24.3 Å². The average molecular weight is 469 g/mol. The number of anilines is 2. The highest BCUT2D eigenvalue weighted by atomic mass is 35.5. The number of carbonyl (C=O) groups excluding carboxylic acids is 2. The van der Waals surface area contributed by atoms with Gasteiger partial charge in [0.15, 0.2) is 5.78 Å². The van der Waals surface area contributed by atoms with Crippen molar-refractivity contribution in [1.29, 1.82) is 5.26 Å². The number of ketones is 1. The number of nitrogens with zero attached hydrogens (tertiary/aromatic N) is 2. The van der Waals surface area contributed by atoms with Crippen molar-refractivity contribution in [3.05, 3.63) is 80.5 Å². The van der Waals surface area contributed by atoms with Crippen molar-refractivity contribution in [2.45, 2.75) is 24.7 Å². The lowest BCUT2D eigenvalue weighted by Crippen LogP contribution is -2.50. The molecule has 5 rings (SSSR count). The van der Waals surface area contributed by atoms with Crippen molar-refractivity contribution in [2.24, 2.45) is 5.73 Å². The number of hydrogen-bond acceptors (Lipinski definition) is 5. The lowest BCUT2D eigenvalue weighted by Gasteiger charge is -2.43. The third-order valence-electron chi connectivity index (χ3n) is 6.14. The minimum atomic E-state index is -1.82. The molecule has 160 valence electrons. The van der Waals surface area contributed by atoms with Crippen molar-refractivity contribution in [3.63, 3.8) is 0 Å². The number of halogens is 3. The maximum Gasteiger partial charge on any atom is 0.245 e. The van der Waals surface area contributed by atoms with Gasteiger partial charge in [-0.3, -0.25) is 14.5 Å². The number of benzene rings is 2. The summed E-state index contributed by atoms with van der Waals surface area (Å²) in [5, 5.41) is 13.6. The molecule has 0 fully saturated rings. The largest absolute Gasteiger partial charge is 0.384 e. The van der Waals surface area contributed by atoms with Crippen LogP contribution in [0.25, 0.3) is 0 Å². The lowest BCUT2D eigenvalue weighted by atomic mass is 9.64. The molecule has 0 bridgehead atoms. The summed E-state index contributed by atoms with van der Waals surface area (Å²) in [6, 6.07) is 10.6. The summed E-state index contributed by atoms with van der Waals surface area (Å²) in [4.78, 5) is 28.3. The normalized spacial score (nSPS) is 22.1. The maximum atomic E-state index is 14.3. The number of fused-ring (bicyclic) bond motifs is 3. The summed E-state index contributed by atoms with van der Waals surface area (Å²) in [5.41, 5.74) is 6.09. The molecule has 0 radical (unpaired) electrons. The fraction of sp³-hybridized carbons (Fsp3) is 0.174. The van der Waals surface area contributed by atoms with Crippen LogP contribution in [0.2, 0.25) is 10.0 Å². The molecule has 0 aromatic heterocycles. The van der Waals surface area contributed by atoms with Gasteiger partial charge in [0.25, 0.3) is 0 Å². The molecule has 2 aliphatic heterocycles. The summed E-state index contributed by atoms with van der Waals surface area (Å²) >= 11 is 12.5. The third-order valence-corrected chi connectivity index (χ3v) is 6.68. The van der Waals surface area contributed by atoms with Gasteiger partial charge in [0.05, 0.1) is 16.3 Å². The number of nitriles is 1. The number of amides is 1. The fourth-order valence-corrected chi connectivity index (χ4v) is 5.39. The van der Waals surface area contributed by atoms with Gasteiger partial charge in [-0.05, 0) is 49.2 Å². The van der Waals surface area contributed by atoms with Crippen molar-refractivity contribution in [1.82, 2.24) is 0 Å². The van der Waals surface area contributed by atoms with Gasteiger partial charge in [0, 0.05) is 34.0 Å². The van der Waals surface area contributed by atoms with E-state index in [2.05, 4.69) is 5.32 Å². The second-order valence-corrected chi connectivity index (χ2v) is 8.64. The monoisotopic (exact) mass is 468 g/mol. The Balaban J connectivity index is 1.90. The van der Waals surface area contributed by atoms with Crippen molar-refractivity contribution in [3.8, 4) is 6.07 Å². The molecule has 0 saturated carbocycles. The second kappa shape index (κ2) is 7.09. The van der Waals surface area contributed by atoms with E-state index >= 15 is 0 Å². The zero-order chi connectivity index (χ0) is 22.8. The van der Waals surface area contributed by atoms with Gasteiger partial charge < -0.3 is 11.1 Å². The minimum Gasteiger partial charge on any atom is -0.384 e. The Bertz CT molecular complexity index is 1340. The fourth-order valence-electron chi connectivity index (χ4n) is 4.90. The molecule has 1 unspecified atom stereocenters. The Labute approximate surface area is 192 Å². The standard InChI is InChI=1S/C23H15Cl2FN4O2/c24-11-4-7-17(15(25)8-11)30-18-2-1-3-19(31)20(18)23(14(10-27)21(30)28)13-9-12(26)5-6-16(13)29-22(23)32/h4-9H,1-3,28H2,(H,29,32). The molecular formula is C23H15Cl2FN4O2.